The smallest absolute Gasteiger partial charge is 0.485 e. The summed E-state index contributed by atoms with van der Waals surface area (Å²) in [6.45, 7) is -2.17. The number of nitrogens with two attached hydrogens (primary N) is 2. The van der Waals surface area contributed by atoms with Crippen LogP contribution < -0.4 is 41.5 Å². The zero-order valence-corrected chi connectivity index (χ0v) is 30.6. The Bertz CT molecular complexity index is 2350. The molecule has 0 bridgehead atoms. The van der Waals surface area contributed by atoms with Crippen LogP contribution in [0.4, 0.5) is 11.9 Å². The van der Waals surface area contributed by atoms with Crippen LogP contribution in [0.1, 0.15) is 12.5 Å². The summed E-state index contributed by atoms with van der Waals surface area (Å²) in [6, 6.07) is 0. The summed E-state index contributed by atoms with van der Waals surface area (Å²) in [5.41, 5.74) is 9.96. The predicted octanol–water partition coefficient (Wildman–Crippen LogP) is -5.73. The van der Waals surface area contributed by atoms with Crippen molar-refractivity contribution in [3.05, 3.63) is 33.4 Å². The number of phosphoric acid groups is 3. The Labute approximate surface area is 299 Å². The molecule has 6 heterocycles. The Morgan fingerprint density at radius 2 is 1.24 bits per heavy atom. The number of aliphatic hydroxyl groups is 3. The monoisotopic (exact) mass is 830 g/mol. The second-order valence-electron chi connectivity index (χ2n) is 11.9. The van der Waals surface area contributed by atoms with Crippen molar-refractivity contribution in [3.8, 4) is 0 Å². The van der Waals surface area contributed by atoms with Crippen LogP contribution in [0.25, 0.3) is 22.3 Å². The van der Waals surface area contributed by atoms with E-state index in [4.69, 9.17) is 25.7 Å². The van der Waals surface area contributed by atoms with E-state index in [0.717, 1.165) is 11.7 Å². The summed E-state index contributed by atoms with van der Waals surface area (Å²) in [4.78, 5) is 72.3. The van der Waals surface area contributed by atoms with Crippen LogP contribution in [-0.4, -0.2) is 106 Å². The number of imidazole rings is 2. The largest absolute Gasteiger partial charge is 0.756 e. The number of phosphoric ester groups is 2. The SMILES string of the molecule is CO[C@@H]1[C@H](O)[C@@H]([n+]2cn(C)c3c(=O)[nH]c(N)nc32)O[C@H]1COP(=O)([O-])OP(=O)(O)OP(=O)([O-])OC[C@H]1O[C@@H]([n+]2cn(C)c3c(=O)[nH]c(N)nc32)[C@H](O)[C@@H]1O. The zero-order valence-electron chi connectivity index (χ0n) is 27.9. The van der Waals surface area contributed by atoms with Crippen LogP contribution in [0, 0.1) is 0 Å². The van der Waals surface area contributed by atoms with Gasteiger partial charge < -0.3 is 64.7 Å². The standard InChI is InChI=1S/C23H33N10O18P3/c1-30-6-32(16-10(30)18(37)28-22(24)26-16)20-13(35)12(34)8(48-20)4-46-52(39,40)50-54(43,44)51-53(41,42)47-5-9-15(45-3)14(36)21(49-9)33-7-31(2)11-17(33)27-23(25)29-19(11)38/h6-9,12-15,20-21,34-36H,4-5H2,1-3H3,(H7-2,24,25,26,27,28,29,37,38,39,40,41,42,43,44)/t8-,9+,12-,13-,14+,15+,20-,21+/m1/s1. The summed E-state index contributed by atoms with van der Waals surface area (Å²) in [6.07, 6.45) is -9.72. The van der Waals surface area contributed by atoms with Gasteiger partial charge >= 0.3 is 19.1 Å². The maximum Gasteiger partial charge on any atom is 0.485 e. The normalized spacial score (nSPS) is 29.4. The Hall–Kier alpha value is -3.53. The molecule has 2 aliphatic heterocycles. The molecule has 0 aromatic carbocycles. The molecule has 298 valence electrons. The molecule has 0 aliphatic carbocycles. The van der Waals surface area contributed by atoms with E-state index in [-0.39, 0.29) is 34.2 Å². The average molecular weight is 830 g/mol. The number of aryl methyl sites for hydroxylation is 2. The van der Waals surface area contributed by atoms with Crippen molar-refractivity contribution < 1.29 is 84.7 Å². The average Bonchev–Trinajstić information content (AvgIpc) is 3.74. The molecule has 0 spiro atoms. The Morgan fingerprint density at radius 1 is 0.815 bits per heavy atom. The number of fused-ring (bicyclic) bond motifs is 2. The zero-order chi connectivity index (χ0) is 39.7. The molecule has 6 rings (SSSR count). The van der Waals surface area contributed by atoms with Gasteiger partial charge in [-0.05, 0) is 0 Å². The summed E-state index contributed by atoms with van der Waals surface area (Å²) < 4.78 is 75.9. The lowest BCUT2D eigenvalue weighted by molar-refractivity contribution is -0.746. The lowest BCUT2D eigenvalue weighted by Crippen LogP contribution is -2.46. The van der Waals surface area contributed by atoms with Gasteiger partial charge in [-0.25, -0.2) is 22.3 Å². The molecule has 0 amide bonds. The van der Waals surface area contributed by atoms with Crippen molar-refractivity contribution in [1.82, 2.24) is 29.1 Å². The Kier molecular flexibility index (Phi) is 10.8. The van der Waals surface area contributed by atoms with Crippen LogP contribution in [0.15, 0.2) is 22.2 Å². The molecular weight excluding hydrogens is 797 g/mol. The van der Waals surface area contributed by atoms with Crippen LogP contribution in [-0.2, 0) is 59.7 Å². The van der Waals surface area contributed by atoms with E-state index in [1.54, 1.807) is 0 Å². The summed E-state index contributed by atoms with van der Waals surface area (Å²) in [5.74, 6) is -0.542. The third-order valence-corrected chi connectivity index (χ3v) is 12.4. The van der Waals surface area contributed by atoms with Crippen LogP contribution in [0.3, 0.4) is 0 Å². The molecule has 10 N–H and O–H groups in total. The maximum atomic E-state index is 12.5. The summed E-state index contributed by atoms with van der Waals surface area (Å²) in [5, 5.41) is 32.0. The molecule has 3 unspecified atom stereocenters. The predicted molar refractivity (Wildman–Crippen MR) is 168 cm³/mol. The maximum absolute atomic E-state index is 12.5. The molecule has 4 aromatic heterocycles. The number of aromatic amines is 2. The van der Waals surface area contributed by atoms with Gasteiger partial charge in [0.05, 0.1) is 27.3 Å². The quantitative estimate of drug-likeness (QED) is 0.0459. The Morgan fingerprint density at radius 3 is 1.70 bits per heavy atom. The van der Waals surface area contributed by atoms with E-state index in [9.17, 15) is 53.3 Å². The second kappa shape index (κ2) is 14.5. The third kappa shape index (κ3) is 7.78. The van der Waals surface area contributed by atoms with Crippen molar-refractivity contribution in [2.45, 2.75) is 49.1 Å². The first-order valence-electron chi connectivity index (χ1n) is 15.2. The number of nitrogens with zero attached hydrogens (tertiary/aromatic N) is 6. The highest BCUT2D eigenvalue weighted by molar-refractivity contribution is 7.66. The molecule has 54 heavy (non-hydrogen) atoms. The summed E-state index contributed by atoms with van der Waals surface area (Å²) in [7, 11) is -13.9. The van der Waals surface area contributed by atoms with Gasteiger partial charge in [-0.3, -0.25) is 37.8 Å². The molecule has 28 nitrogen and oxygen atoms in total. The first-order chi connectivity index (χ1) is 25.1. The molecule has 0 saturated carbocycles. The van der Waals surface area contributed by atoms with Gasteiger partial charge in [0.1, 0.15) is 36.6 Å². The molecule has 4 aromatic rings. The highest BCUT2D eigenvalue weighted by atomic mass is 31.3. The van der Waals surface area contributed by atoms with E-state index >= 15 is 0 Å². The number of ether oxygens (including phenoxy) is 3. The number of aromatic nitrogens is 8. The minimum atomic E-state index is -6.10. The number of rotatable bonds is 13. The second-order valence-corrected chi connectivity index (χ2v) is 16.5. The number of anilines is 2. The number of hydrogen-bond donors (Lipinski definition) is 8. The van der Waals surface area contributed by atoms with Crippen molar-refractivity contribution >= 4 is 57.7 Å². The molecule has 11 atom stereocenters. The van der Waals surface area contributed by atoms with E-state index in [1.165, 1.54) is 40.5 Å². The number of hydrogen-bond acceptors (Lipinski definition) is 21. The van der Waals surface area contributed by atoms with Gasteiger partial charge in [-0.2, -0.15) is 0 Å². The van der Waals surface area contributed by atoms with Gasteiger partial charge in [-0.1, -0.05) is 9.97 Å². The van der Waals surface area contributed by atoms with Crippen LogP contribution in [0.2, 0.25) is 0 Å². The van der Waals surface area contributed by atoms with Gasteiger partial charge in [0.15, 0.2) is 12.7 Å². The van der Waals surface area contributed by atoms with Gasteiger partial charge in [0.25, 0.3) is 38.7 Å². The highest BCUT2D eigenvalue weighted by Gasteiger charge is 2.50. The number of aliphatic hydroxyl groups excluding tert-OH is 3. The minimum absolute atomic E-state index is 0.00310. The minimum Gasteiger partial charge on any atom is -0.756 e. The number of H-pyrrole nitrogens is 2. The van der Waals surface area contributed by atoms with Crippen molar-refractivity contribution in [3.63, 3.8) is 0 Å². The molecular formula is C23H33N10O18P3. The highest BCUT2D eigenvalue weighted by Crippen LogP contribution is 2.65. The lowest BCUT2D eigenvalue weighted by Gasteiger charge is -2.29. The number of methoxy groups -OCH3 is 1. The summed E-state index contributed by atoms with van der Waals surface area (Å²) >= 11 is 0. The third-order valence-electron chi connectivity index (χ3n) is 8.25. The Balaban J connectivity index is 1.07. The topological polar surface area (TPSA) is 404 Å². The number of nitrogen functional groups attached to an aromatic ring is 2. The first-order valence-corrected chi connectivity index (χ1v) is 19.6. The van der Waals surface area contributed by atoms with Gasteiger partial charge in [0, 0.05) is 7.11 Å². The molecule has 2 fully saturated rings. The fourth-order valence-corrected chi connectivity index (χ4v) is 9.47. The molecule has 2 aliphatic rings. The number of nitrogens with one attached hydrogen (secondary N) is 2. The van der Waals surface area contributed by atoms with E-state index in [1.807, 2.05) is 0 Å². The molecule has 31 heteroatoms. The van der Waals surface area contributed by atoms with Crippen molar-refractivity contribution in [2.75, 3.05) is 31.8 Å². The van der Waals surface area contributed by atoms with Crippen molar-refractivity contribution in [2.24, 2.45) is 14.1 Å². The van der Waals surface area contributed by atoms with E-state index in [2.05, 4.69) is 37.6 Å². The van der Waals surface area contributed by atoms with E-state index < -0.39 is 96.9 Å². The van der Waals surface area contributed by atoms with Gasteiger partial charge in [-0.15, -0.1) is 0 Å². The van der Waals surface area contributed by atoms with Crippen molar-refractivity contribution in [1.29, 1.82) is 0 Å². The fraction of sp³-hybridized carbons (Fsp3) is 0.565. The molecule has 2 saturated heterocycles. The molecule has 0 radical (unpaired) electrons. The fourth-order valence-electron chi connectivity index (χ4n) is 6.03. The lowest BCUT2D eigenvalue weighted by atomic mass is 10.1. The first kappa shape index (κ1) is 40.1. The van der Waals surface area contributed by atoms with Gasteiger partial charge in [0.2, 0.25) is 23.5 Å². The van der Waals surface area contributed by atoms with Crippen LogP contribution in [0.5, 0.6) is 0 Å². The van der Waals surface area contributed by atoms with Crippen LogP contribution >= 0.6 is 23.5 Å². The van der Waals surface area contributed by atoms with E-state index in [0.29, 0.717) is 0 Å².